The van der Waals surface area contributed by atoms with Crippen LogP contribution in [0.3, 0.4) is 0 Å². The average molecular weight is 421 g/mol. The zero-order valence-electron chi connectivity index (χ0n) is 18.0. The van der Waals surface area contributed by atoms with Gasteiger partial charge in [-0.05, 0) is 36.6 Å². The molecule has 162 valence electrons. The summed E-state index contributed by atoms with van der Waals surface area (Å²) >= 11 is 0. The van der Waals surface area contributed by atoms with Gasteiger partial charge >= 0.3 is 11.9 Å². The lowest BCUT2D eigenvalue weighted by atomic mass is 9.83. The maximum atomic E-state index is 12.7. The smallest absolute Gasteiger partial charge is 0.336 e. The standard InChI is InChI=1S/C25H27NO5/c1-4-31-20-12-10-19(11-13-20)23-21(24(27)29-2)16-26(17-22(23)25(28)30-3)15-14-18-8-6-5-7-9-18/h5-13,16-17,23H,4,14-15H2,1-3H3. The van der Waals surface area contributed by atoms with E-state index in [9.17, 15) is 9.59 Å². The highest BCUT2D eigenvalue weighted by molar-refractivity contribution is 5.98. The summed E-state index contributed by atoms with van der Waals surface area (Å²) in [7, 11) is 2.67. The number of carbonyl (C=O) groups is 2. The normalized spacial score (nSPS) is 13.8. The molecule has 3 rings (SSSR count). The average Bonchev–Trinajstić information content (AvgIpc) is 2.82. The first-order valence-electron chi connectivity index (χ1n) is 10.2. The third-order valence-corrected chi connectivity index (χ3v) is 5.10. The van der Waals surface area contributed by atoms with E-state index >= 15 is 0 Å². The van der Waals surface area contributed by atoms with Crippen LogP contribution in [0, 0.1) is 0 Å². The molecule has 2 aromatic carbocycles. The molecule has 6 heteroatoms. The zero-order chi connectivity index (χ0) is 22.2. The monoisotopic (exact) mass is 421 g/mol. The third kappa shape index (κ3) is 5.34. The van der Waals surface area contributed by atoms with Crippen molar-refractivity contribution in [3.8, 4) is 5.75 Å². The van der Waals surface area contributed by atoms with Gasteiger partial charge in [-0.15, -0.1) is 0 Å². The van der Waals surface area contributed by atoms with Crippen molar-refractivity contribution < 1.29 is 23.8 Å². The molecule has 0 atom stereocenters. The van der Waals surface area contributed by atoms with Crippen LogP contribution in [0.5, 0.6) is 5.75 Å². The zero-order valence-corrected chi connectivity index (χ0v) is 18.0. The summed E-state index contributed by atoms with van der Waals surface area (Å²) in [6.45, 7) is 3.07. The number of nitrogens with zero attached hydrogens (tertiary/aromatic N) is 1. The van der Waals surface area contributed by atoms with Crippen molar-refractivity contribution in [2.75, 3.05) is 27.4 Å². The Bertz CT molecular complexity index is 929. The molecular weight excluding hydrogens is 394 g/mol. The number of esters is 2. The molecule has 0 spiro atoms. The minimum Gasteiger partial charge on any atom is -0.494 e. The fourth-order valence-electron chi connectivity index (χ4n) is 3.60. The topological polar surface area (TPSA) is 65.1 Å². The lowest BCUT2D eigenvalue weighted by molar-refractivity contribution is -0.137. The Hall–Kier alpha value is -3.54. The molecule has 1 heterocycles. The van der Waals surface area contributed by atoms with Crippen molar-refractivity contribution in [3.05, 3.63) is 89.3 Å². The molecule has 0 radical (unpaired) electrons. The first-order valence-corrected chi connectivity index (χ1v) is 10.2. The lowest BCUT2D eigenvalue weighted by Crippen LogP contribution is -2.29. The highest BCUT2D eigenvalue weighted by atomic mass is 16.5. The summed E-state index contributed by atoms with van der Waals surface area (Å²) < 4.78 is 15.6. The van der Waals surface area contributed by atoms with Crippen LogP contribution in [0.1, 0.15) is 24.0 Å². The van der Waals surface area contributed by atoms with Crippen LogP contribution < -0.4 is 4.74 Å². The lowest BCUT2D eigenvalue weighted by Gasteiger charge is -2.30. The molecule has 1 aliphatic rings. The quantitative estimate of drug-likeness (QED) is 0.604. The van der Waals surface area contributed by atoms with Gasteiger partial charge < -0.3 is 19.1 Å². The second kappa shape index (κ2) is 10.5. The molecule has 6 nitrogen and oxygen atoms in total. The summed E-state index contributed by atoms with van der Waals surface area (Å²) in [5.41, 5.74) is 2.70. The van der Waals surface area contributed by atoms with Gasteiger partial charge in [0.1, 0.15) is 5.75 Å². The molecule has 0 amide bonds. The summed E-state index contributed by atoms with van der Waals surface area (Å²) in [4.78, 5) is 27.2. The van der Waals surface area contributed by atoms with Gasteiger partial charge in [0.2, 0.25) is 0 Å². The number of carbonyl (C=O) groups excluding carboxylic acids is 2. The Morgan fingerprint density at radius 1 is 0.871 bits per heavy atom. The van der Waals surface area contributed by atoms with Crippen LogP contribution in [0.15, 0.2) is 78.1 Å². The second-order valence-corrected chi connectivity index (χ2v) is 7.06. The van der Waals surface area contributed by atoms with E-state index in [2.05, 4.69) is 0 Å². The summed E-state index contributed by atoms with van der Waals surface area (Å²) in [6, 6.07) is 17.4. The maximum absolute atomic E-state index is 12.7. The van der Waals surface area contributed by atoms with Gasteiger partial charge in [-0.2, -0.15) is 0 Å². The SMILES string of the molecule is CCOc1ccc(C2C(C(=O)OC)=CN(CCc3ccccc3)C=C2C(=O)OC)cc1. The van der Waals surface area contributed by atoms with Crippen molar-refractivity contribution in [3.63, 3.8) is 0 Å². The van der Waals surface area contributed by atoms with Crippen LogP contribution in [0.2, 0.25) is 0 Å². The van der Waals surface area contributed by atoms with E-state index in [1.807, 2.05) is 66.4 Å². The number of hydrogen-bond acceptors (Lipinski definition) is 6. The van der Waals surface area contributed by atoms with Gasteiger partial charge in [-0.1, -0.05) is 42.5 Å². The van der Waals surface area contributed by atoms with Crippen LogP contribution >= 0.6 is 0 Å². The fourth-order valence-corrected chi connectivity index (χ4v) is 3.60. The van der Waals surface area contributed by atoms with E-state index in [-0.39, 0.29) is 0 Å². The predicted octanol–water partition coefficient (Wildman–Crippen LogP) is 3.84. The van der Waals surface area contributed by atoms with Crippen molar-refractivity contribution in [1.82, 2.24) is 4.90 Å². The molecule has 1 aliphatic heterocycles. The molecule has 31 heavy (non-hydrogen) atoms. The summed E-state index contributed by atoms with van der Waals surface area (Å²) in [5, 5.41) is 0. The van der Waals surface area contributed by atoms with E-state index < -0.39 is 17.9 Å². The summed E-state index contributed by atoms with van der Waals surface area (Å²) in [5.74, 6) is -0.849. The van der Waals surface area contributed by atoms with Crippen LogP contribution in [-0.2, 0) is 25.5 Å². The highest BCUT2D eigenvalue weighted by Gasteiger charge is 2.35. The first-order chi connectivity index (χ1) is 15.1. The molecule has 0 fully saturated rings. The van der Waals surface area contributed by atoms with Crippen molar-refractivity contribution >= 4 is 11.9 Å². The summed E-state index contributed by atoms with van der Waals surface area (Å²) in [6.07, 6.45) is 4.26. The largest absolute Gasteiger partial charge is 0.494 e. The Kier molecular flexibility index (Phi) is 7.49. The molecule has 0 N–H and O–H groups in total. The van der Waals surface area contributed by atoms with E-state index in [4.69, 9.17) is 14.2 Å². The highest BCUT2D eigenvalue weighted by Crippen LogP contribution is 2.37. The maximum Gasteiger partial charge on any atom is 0.336 e. The van der Waals surface area contributed by atoms with Crippen LogP contribution in [-0.4, -0.2) is 44.2 Å². The van der Waals surface area contributed by atoms with Crippen molar-refractivity contribution in [2.24, 2.45) is 0 Å². The number of benzene rings is 2. The van der Waals surface area contributed by atoms with Gasteiger partial charge in [0.25, 0.3) is 0 Å². The second-order valence-electron chi connectivity index (χ2n) is 7.06. The minimum absolute atomic E-state index is 0.377. The Morgan fingerprint density at radius 3 is 1.97 bits per heavy atom. The number of methoxy groups -OCH3 is 2. The van der Waals surface area contributed by atoms with Crippen LogP contribution in [0.25, 0.3) is 0 Å². The molecule has 2 aromatic rings. The molecule has 0 aliphatic carbocycles. The minimum atomic E-state index is -0.594. The van der Waals surface area contributed by atoms with E-state index in [0.29, 0.717) is 24.3 Å². The fraction of sp³-hybridized carbons (Fsp3) is 0.280. The number of rotatable bonds is 8. The van der Waals surface area contributed by atoms with Crippen LogP contribution in [0.4, 0.5) is 0 Å². The molecule has 0 aromatic heterocycles. The van der Waals surface area contributed by atoms with Gasteiger partial charge in [0, 0.05) is 18.9 Å². The first kappa shape index (κ1) is 22.2. The molecule has 0 unspecified atom stereocenters. The molecule has 0 saturated heterocycles. The predicted molar refractivity (Wildman–Crippen MR) is 117 cm³/mol. The third-order valence-electron chi connectivity index (χ3n) is 5.10. The van der Waals surface area contributed by atoms with Gasteiger partial charge in [0.05, 0.1) is 37.9 Å². The van der Waals surface area contributed by atoms with Crippen molar-refractivity contribution in [1.29, 1.82) is 0 Å². The van der Waals surface area contributed by atoms with E-state index in [1.54, 1.807) is 12.4 Å². The molecular formula is C25H27NO5. The Morgan fingerprint density at radius 2 is 1.45 bits per heavy atom. The van der Waals surface area contributed by atoms with Gasteiger partial charge in [-0.25, -0.2) is 9.59 Å². The van der Waals surface area contributed by atoms with Gasteiger partial charge in [-0.3, -0.25) is 0 Å². The Labute approximate surface area is 182 Å². The number of hydrogen-bond donors (Lipinski definition) is 0. The molecule has 0 saturated carbocycles. The van der Waals surface area contributed by atoms with E-state index in [1.165, 1.54) is 14.2 Å². The number of ether oxygens (including phenoxy) is 3. The van der Waals surface area contributed by atoms with E-state index in [0.717, 1.165) is 23.3 Å². The van der Waals surface area contributed by atoms with Crippen molar-refractivity contribution in [2.45, 2.75) is 19.3 Å². The Balaban J connectivity index is 1.96. The van der Waals surface area contributed by atoms with Gasteiger partial charge in [0.15, 0.2) is 0 Å². The molecule has 0 bridgehead atoms.